The van der Waals surface area contributed by atoms with Crippen LogP contribution in [0.2, 0.25) is 5.15 Å². The predicted molar refractivity (Wildman–Crippen MR) is 110 cm³/mol. The van der Waals surface area contributed by atoms with Gasteiger partial charge in [0, 0.05) is 11.8 Å². The largest absolute Gasteiger partial charge is 0.492 e. The molecular weight excluding hydrogens is 392 g/mol. The number of anilines is 1. The van der Waals surface area contributed by atoms with Crippen LogP contribution in [0.5, 0.6) is 5.75 Å². The van der Waals surface area contributed by atoms with E-state index in [9.17, 15) is 9.59 Å². The third-order valence-corrected chi connectivity index (χ3v) is 4.20. The fourth-order valence-corrected chi connectivity index (χ4v) is 2.73. The number of hydrogen-bond donors (Lipinski definition) is 1. The summed E-state index contributed by atoms with van der Waals surface area (Å²) in [5.41, 5.74) is 1.22. The summed E-state index contributed by atoms with van der Waals surface area (Å²) in [6, 6.07) is 18.8. The molecule has 1 atom stereocenters. The lowest BCUT2D eigenvalue weighted by Crippen LogP contribution is -2.26. The van der Waals surface area contributed by atoms with E-state index in [2.05, 4.69) is 10.3 Å². The maximum Gasteiger partial charge on any atom is 0.340 e. The van der Waals surface area contributed by atoms with Crippen LogP contribution < -0.4 is 10.1 Å². The van der Waals surface area contributed by atoms with Crippen LogP contribution in [-0.4, -0.2) is 23.5 Å². The molecule has 0 aliphatic heterocycles. The lowest BCUT2D eigenvalue weighted by molar-refractivity contribution is -0.125. The summed E-state index contributed by atoms with van der Waals surface area (Å²) in [6.07, 6.45) is 0.142. The Hall–Kier alpha value is -3.38. The van der Waals surface area contributed by atoms with Crippen LogP contribution >= 0.6 is 11.6 Å². The first kappa shape index (κ1) is 20.4. The Morgan fingerprint density at radius 1 is 1.03 bits per heavy atom. The molecular formula is C22H19ClN2O4. The van der Waals surface area contributed by atoms with Gasteiger partial charge in [0.1, 0.15) is 10.9 Å². The van der Waals surface area contributed by atoms with Gasteiger partial charge >= 0.3 is 5.97 Å². The monoisotopic (exact) mass is 410 g/mol. The molecule has 0 saturated carbocycles. The number of rotatable bonds is 7. The minimum absolute atomic E-state index is 0.192. The smallest absolute Gasteiger partial charge is 0.340 e. The van der Waals surface area contributed by atoms with E-state index < -0.39 is 18.0 Å². The third kappa shape index (κ3) is 5.33. The summed E-state index contributed by atoms with van der Waals surface area (Å²) in [5.74, 6) is -0.654. The number of para-hydroxylation sites is 2. The van der Waals surface area contributed by atoms with Gasteiger partial charge in [-0.15, -0.1) is 0 Å². The number of halogens is 1. The van der Waals surface area contributed by atoms with Gasteiger partial charge in [0.2, 0.25) is 6.10 Å². The number of esters is 1. The molecule has 0 saturated heterocycles. The summed E-state index contributed by atoms with van der Waals surface area (Å²) >= 11 is 5.76. The van der Waals surface area contributed by atoms with Gasteiger partial charge in [0.05, 0.1) is 17.9 Å². The molecule has 29 heavy (non-hydrogen) atoms. The SMILES string of the molecule is CCOc1ccccc1NC(=O)[C@@H](OC(=O)c1ccc(Cl)nc1)c1ccccc1. The molecule has 7 heteroatoms. The molecule has 0 aliphatic carbocycles. The number of ether oxygens (including phenoxy) is 2. The standard InChI is InChI=1S/C22H19ClN2O4/c1-2-28-18-11-7-6-10-17(18)25-21(26)20(15-8-4-3-5-9-15)29-22(27)16-12-13-19(23)24-14-16/h3-14,20H,2H2,1H3,(H,25,26)/t20-/m0/s1. The van der Waals surface area contributed by atoms with E-state index in [4.69, 9.17) is 21.1 Å². The van der Waals surface area contributed by atoms with E-state index in [0.717, 1.165) is 0 Å². The number of carbonyl (C=O) groups is 2. The Morgan fingerprint density at radius 3 is 2.45 bits per heavy atom. The van der Waals surface area contributed by atoms with E-state index in [1.54, 1.807) is 42.5 Å². The zero-order chi connectivity index (χ0) is 20.6. The first-order chi connectivity index (χ1) is 14.1. The van der Waals surface area contributed by atoms with Gasteiger partial charge in [-0.05, 0) is 31.2 Å². The van der Waals surface area contributed by atoms with Crippen molar-refractivity contribution in [1.29, 1.82) is 0 Å². The molecule has 0 bridgehead atoms. The zero-order valence-corrected chi connectivity index (χ0v) is 16.4. The molecule has 0 unspecified atom stereocenters. The lowest BCUT2D eigenvalue weighted by Gasteiger charge is -2.19. The van der Waals surface area contributed by atoms with Crippen molar-refractivity contribution in [3.63, 3.8) is 0 Å². The van der Waals surface area contributed by atoms with E-state index in [1.807, 2.05) is 19.1 Å². The Bertz CT molecular complexity index is 978. The van der Waals surface area contributed by atoms with Gasteiger partial charge in [-0.1, -0.05) is 54.1 Å². The van der Waals surface area contributed by atoms with Crippen molar-refractivity contribution in [1.82, 2.24) is 4.98 Å². The number of hydrogen-bond acceptors (Lipinski definition) is 5. The van der Waals surface area contributed by atoms with Crippen molar-refractivity contribution >= 4 is 29.2 Å². The molecule has 3 rings (SSSR count). The molecule has 1 amide bonds. The molecule has 0 aliphatic rings. The van der Waals surface area contributed by atoms with Crippen molar-refractivity contribution in [2.75, 3.05) is 11.9 Å². The summed E-state index contributed by atoms with van der Waals surface area (Å²) in [7, 11) is 0. The fraction of sp³-hybridized carbons (Fsp3) is 0.136. The Morgan fingerprint density at radius 2 is 1.76 bits per heavy atom. The van der Waals surface area contributed by atoms with Gasteiger partial charge in [-0.2, -0.15) is 0 Å². The molecule has 148 valence electrons. The number of pyridine rings is 1. The predicted octanol–water partition coefficient (Wildman–Crippen LogP) is 4.67. The van der Waals surface area contributed by atoms with Crippen molar-refractivity contribution in [2.45, 2.75) is 13.0 Å². The highest BCUT2D eigenvalue weighted by atomic mass is 35.5. The fourth-order valence-electron chi connectivity index (χ4n) is 2.62. The van der Waals surface area contributed by atoms with Crippen LogP contribution in [0.4, 0.5) is 5.69 Å². The number of benzene rings is 2. The van der Waals surface area contributed by atoms with Crippen LogP contribution in [0.3, 0.4) is 0 Å². The molecule has 0 radical (unpaired) electrons. The minimum Gasteiger partial charge on any atom is -0.492 e. The van der Waals surface area contributed by atoms with Crippen molar-refractivity contribution in [3.8, 4) is 5.75 Å². The van der Waals surface area contributed by atoms with Crippen LogP contribution in [0, 0.1) is 0 Å². The molecule has 1 heterocycles. The van der Waals surface area contributed by atoms with E-state index >= 15 is 0 Å². The highest BCUT2D eigenvalue weighted by Gasteiger charge is 2.26. The van der Waals surface area contributed by atoms with E-state index in [-0.39, 0.29) is 10.7 Å². The van der Waals surface area contributed by atoms with Crippen molar-refractivity contribution in [3.05, 3.63) is 89.2 Å². The maximum atomic E-state index is 13.0. The Kier molecular flexibility index (Phi) is 6.81. The average molecular weight is 411 g/mol. The molecule has 1 N–H and O–H groups in total. The first-order valence-electron chi connectivity index (χ1n) is 8.98. The van der Waals surface area contributed by atoms with Gasteiger partial charge in [-0.25, -0.2) is 9.78 Å². The highest BCUT2D eigenvalue weighted by molar-refractivity contribution is 6.29. The zero-order valence-electron chi connectivity index (χ0n) is 15.7. The van der Waals surface area contributed by atoms with Crippen LogP contribution in [0.25, 0.3) is 0 Å². The number of aromatic nitrogens is 1. The third-order valence-electron chi connectivity index (χ3n) is 3.97. The van der Waals surface area contributed by atoms with Crippen molar-refractivity contribution in [2.24, 2.45) is 0 Å². The summed E-state index contributed by atoms with van der Waals surface area (Å²) in [6.45, 7) is 2.31. The summed E-state index contributed by atoms with van der Waals surface area (Å²) in [5, 5.41) is 3.04. The van der Waals surface area contributed by atoms with Gasteiger partial charge in [0.15, 0.2) is 0 Å². The van der Waals surface area contributed by atoms with Gasteiger partial charge < -0.3 is 14.8 Å². The summed E-state index contributed by atoms with van der Waals surface area (Å²) in [4.78, 5) is 29.4. The molecule has 0 fully saturated rings. The van der Waals surface area contributed by atoms with Gasteiger partial charge in [0.25, 0.3) is 5.91 Å². The number of nitrogens with zero attached hydrogens (tertiary/aromatic N) is 1. The second-order valence-corrected chi connectivity index (χ2v) is 6.37. The van der Waals surface area contributed by atoms with Crippen molar-refractivity contribution < 1.29 is 19.1 Å². The summed E-state index contributed by atoms with van der Waals surface area (Å²) < 4.78 is 11.1. The molecule has 2 aromatic carbocycles. The maximum absolute atomic E-state index is 13.0. The van der Waals surface area contributed by atoms with Gasteiger partial charge in [-0.3, -0.25) is 4.79 Å². The topological polar surface area (TPSA) is 77.5 Å². The Balaban J connectivity index is 1.85. The van der Waals surface area contributed by atoms with E-state index in [1.165, 1.54) is 18.3 Å². The van der Waals surface area contributed by atoms with Crippen LogP contribution in [0.15, 0.2) is 72.9 Å². The quantitative estimate of drug-likeness (QED) is 0.452. The molecule has 3 aromatic rings. The Labute approximate surface area is 173 Å². The van der Waals surface area contributed by atoms with E-state index in [0.29, 0.717) is 23.6 Å². The second kappa shape index (κ2) is 9.71. The molecule has 1 aromatic heterocycles. The molecule has 0 spiro atoms. The number of amides is 1. The van der Waals surface area contributed by atoms with Crippen LogP contribution in [0.1, 0.15) is 28.9 Å². The van der Waals surface area contributed by atoms with Crippen LogP contribution in [-0.2, 0) is 9.53 Å². The normalized spacial score (nSPS) is 11.4. The second-order valence-electron chi connectivity index (χ2n) is 5.98. The lowest BCUT2D eigenvalue weighted by atomic mass is 10.1. The highest BCUT2D eigenvalue weighted by Crippen LogP contribution is 2.27. The molecule has 6 nitrogen and oxygen atoms in total. The average Bonchev–Trinajstić information content (AvgIpc) is 2.74. The first-order valence-corrected chi connectivity index (χ1v) is 9.36. The number of carbonyl (C=O) groups excluding carboxylic acids is 2. The minimum atomic E-state index is -1.16. The number of nitrogens with one attached hydrogen (secondary N) is 1.